The molecule has 1 amide bonds. The number of ketones is 1. The first-order valence-corrected chi connectivity index (χ1v) is 10.8. The molecule has 3 N–H and O–H groups in total. The average molecular weight is 488 g/mol. The van der Waals surface area contributed by atoms with Gasteiger partial charge in [-0.2, -0.15) is 5.10 Å². The van der Waals surface area contributed by atoms with Crippen LogP contribution in [0.5, 0.6) is 23.0 Å². The van der Waals surface area contributed by atoms with Gasteiger partial charge in [0.2, 0.25) is 0 Å². The largest absolute Gasteiger partial charge is 0.504 e. The van der Waals surface area contributed by atoms with Gasteiger partial charge in [-0.1, -0.05) is 24.3 Å². The predicted octanol–water partition coefficient (Wildman–Crippen LogP) is 3.98. The van der Waals surface area contributed by atoms with E-state index in [1.54, 1.807) is 54.6 Å². The number of hydrogen-bond acceptors (Lipinski definition) is 8. The Kier molecular flexibility index (Phi) is 8.94. The zero-order valence-electron chi connectivity index (χ0n) is 19.7. The van der Waals surface area contributed by atoms with E-state index in [2.05, 4.69) is 15.5 Å². The number of rotatable bonds is 10. The number of aromatic nitrogens is 1. The molecular formula is C27H25N3O6. The lowest BCUT2D eigenvalue weighted by Crippen LogP contribution is -2.20. The van der Waals surface area contributed by atoms with Crippen LogP contribution in [0, 0.1) is 0 Å². The lowest BCUT2D eigenvalue weighted by atomic mass is 10.1. The maximum Gasteiger partial charge on any atom is 0.271 e. The van der Waals surface area contributed by atoms with Gasteiger partial charge in [0.1, 0.15) is 0 Å². The summed E-state index contributed by atoms with van der Waals surface area (Å²) in [6.45, 7) is 0. The Morgan fingerprint density at radius 1 is 0.889 bits per heavy atom. The van der Waals surface area contributed by atoms with Crippen LogP contribution < -0.4 is 14.9 Å². The predicted molar refractivity (Wildman–Crippen MR) is 136 cm³/mol. The Morgan fingerprint density at radius 2 is 1.44 bits per heavy atom. The van der Waals surface area contributed by atoms with Crippen LogP contribution in [-0.2, 0) is 4.79 Å². The van der Waals surface area contributed by atoms with Crippen molar-refractivity contribution in [3.05, 3.63) is 89.8 Å². The third-order valence-electron chi connectivity index (χ3n) is 4.94. The fourth-order valence-corrected chi connectivity index (χ4v) is 3.04. The fourth-order valence-electron chi connectivity index (χ4n) is 3.04. The van der Waals surface area contributed by atoms with E-state index in [0.29, 0.717) is 28.2 Å². The molecule has 184 valence electrons. The van der Waals surface area contributed by atoms with Crippen LogP contribution in [0.2, 0.25) is 0 Å². The summed E-state index contributed by atoms with van der Waals surface area (Å²) < 4.78 is 10.2. The van der Waals surface area contributed by atoms with Gasteiger partial charge < -0.3 is 19.7 Å². The van der Waals surface area contributed by atoms with E-state index in [-0.39, 0.29) is 29.5 Å². The van der Waals surface area contributed by atoms with Crippen molar-refractivity contribution in [1.82, 2.24) is 10.4 Å². The maximum atomic E-state index is 12.7. The van der Waals surface area contributed by atoms with Crippen molar-refractivity contribution in [2.45, 2.75) is 6.42 Å². The van der Waals surface area contributed by atoms with Gasteiger partial charge in [0, 0.05) is 18.0 Å². The van der Waals surface area contributed by atoms with Gasteiger partial charge in [-0.15, -0.1) is 0 Å². The van der Waals surface area contributed by atoms with E-state index in [1.807, 2.05) is 0 Å². The van der Waals surface area contributed by atoms with Gasteiger partial charge in [0.15, 0.2) is 28.8 Å². The molecule has 0 atom stereocenters. The molecule has 0 radical (unpaired) electrons. The number of phenols is 2. The second-order valence-corrected chi connectivity index (χ2v) is 7.45. The van der Waals surface area contributed by atoms with Crippen molar-refractivity contribution >= 4 is 29.6 Å². The molecule has 3 rings (SSSR count). The molecule has 9 heteroatoms. The van der Waals surface area contributed by atoms with Crippen LogP contribution in [0.4, 0.5) is 0 Å². The number of nitrogens with zero attached hydrogens (tertiary/aromatic N) is 2. The summed E-state index contributed by atoms with van der Waals surface area (Å²) in [5.74, 6) is -0.140. The lowest BCUT2D eigenvalue weighted by molar-refractivity contribution is -0.113. The van der Waals surface area contributed by atoms with Crippen LogP contribution in [-0.4, -0.2) is 46.8 Å². The minimum Gasteiger partial charge on any atom is -0.504 e. The number of carbonyl (C=O) groups is 2. The molecule has 1 heterocycles. The lowest BCUT2D eigenvalue weighted by Gasteiger charge is -2.05. The van der Waals surface area contributed by atoms with E-state index >= 15 is 0 Å². The number of allylic oxidation sites excluding steroid dienone is 2. The molecule has 0 fully saturated rings. The number of ether oxygens (including phenoxy) is 2. The zero-order valence-corrected chi connectivity index (χ0v) is 19.7. The highest BCUT2D eigenvalue weighted by molar-refractivity contribution is 6.13. The Balaban J connectivity index is 1.79. The van der Waals surface area contributed by atoms with E-state index in [9.17, 15) is 19.8 Å². The molecule has 3 aromatic rings. The fraction of sp³-hybridized carbons (Fsp3) is 0.111. The molecule has 1 aromatic heterocycles. The quantitative estimate of drug-likeness (QED) is 0.224. The number of nitrogens with one attached hydrogen (secondary N) is 1. The topological polar surface area (TPSA) is 130 Å². The van der Waals surface area contributed by atoms with E-state index in [0.717, 1.165) is 0 Å². The first kappa shape index (κ1) is 25.7. The monoisotopic (exact) mass is 487 g/mol. The van der Waals surface area contributed by atoms with Gasteiger partial charge in [-0.05, 0) is 59.7 Å². The zero-order chi connectivity index (χ0) is 25.9. The molecule has 0 aliphatic carbocycles. The van der Waals surface area contributed by atoms with Crippen molar-refractivity contribution in [3.8, 4) is 23.0 Å². The molecule has 0 unspecified atom stereocenters. The van der Waals surface area contributed by atoms with Crippen LogP contribution in [0.15, 0.2) is 78.2 Å². The summed E-state index contributed by atoms with van der Waals surface area (Å²) in [5.41, 5.74) is 4.47. The van der Waals surface area contributed by atoms with Crippen LogP contribution in [0.1, 0.15) is 27.9 Å². The Hall–Kier alpha value is -4.92. The van der Waals surface area contributed by atoms with Crippen LogP contribution in [0.25, 0.3) is 12.2 Å². The normalized spacial score (nSPS) is 11.6. The number of hydrogen-bond donors (Lipinski definition) is 3. The highest BCUT2D eigenvalue weighted by Gasteiger charge is 2.08. The number of phenolic OH excluding ortho intramolecular Hbond substituents is 2. The second-order valence-electron chi connectivity index (χ2n) is 7.45. The molecule has 0 saturated carbocycles. The van der Waals surface area contributed by atoms with E-state index < -0.39 is 5.91 Å². The number of pyridine rings is 1. The summed E-state index contributed by atoms with van der Waals surface area (Å²) in [6.07, 6.45) is 9.12. The van der Waals surface area contributed by atoms with Gasteiger partial charge in [0.05, 0.1) is 26.4 Å². The van der Waals surface area contributed by atoms with Crippen molar-refractivity contribution < 1.29 is 29.3 Å². The third-order valence-corrected chi connectivity index (χ3v) is 4.94. The number of carbonyl (C=O) groups excluding carboxylic acids is 2. The highest BCUT2D eigenvalue weighted by atomic mass is 16.5. The van der Waals surface area contributed by atoms with Crippen molar-refractivity contribution in [2.75, 3.05) is 14.2 Å². The smallest absolute Gasteiger partial charge is 0.271 e. The summed E-state index contributed by atoms with van der Waals surface area (Å²) >= 11 is 0. The third kappa shape index (κ3) is 7.29. The molecule has 0 aliphatic heterocycles. The molecule has 0 saturated heterocycles. The number of hydrazone groups is 1. The summed E-state index contributed by atoms with van der Waals surface area (Å²) in [6, 6.07) is 12.6. The van der Waals surface area contributed by atoms with Gasteiger partial charge in [-0.3, -0.25) is 14.6 Å². The molecule has 0 spiro atoms. The second kappa shape index (κ2) is 12.5. The van der Waals surface area contributed by atoms with Crippen molar-refractivity contribution in [1.29, 1.82) is 0 Å². The minimum atomic E-state index is -0.450. The van der Waals surface area contributed by atoms with Crippen molar-refractivity contribution in [2.24, 2.45) is 5.10 Å². The number of aromatic hydroxyl groups is 2. The van der Waals surface area contributed by atoms with E-state index in [1.165, 1.54) is 44.8 Å². The standard InChI is InChI=1S/C27H25N3O6/c1-35-25-15-18(5-9-23(25)32)3-7-21(29-30-27(34)20-11-13-28-14-12-20)17-22(31)8-4-19-6-10-24(33)26(16-19)36-2/h3-16,32-33H,17H2,1-2H3,(H,30,34)/b7-3+,8-4+,29-21+. The SMILES string of the molecule is COc1cc(/C=C/C(=O)CC(/C=C/c2ccc(O)c(OC)c2)=N/NC(=O)c2ccncc2)ccc1O. The first-order valence-electron chi connectivity index (χ1n) is 10.8. The van der Waals surface area contributed by atoms with Gasteiger partial charge in [0.25, 0.3) is 5.91 Å². The molecule has 2 aromatic carbocycles. The molecule has 36 heavy (non-hydrogen) atoms. The molecular weight excluding hydrogens is 462 g/mol. The maximum absolute atomic E-state index is 12.7. The number of methoxy groups -OCH3 is 2. The Labute approximate surface area is 208 Å². The van der Waals surface area contributed by atoms with Gasteiger partial charge >= 0.3 is 0 Å². The van der Waals surface area contributed by atoms with E-state index in [4.69, 9.17) is 9.47 Å². The summed E-state index contributed by atoms with van der Waals surface area (Å²) in [7, 11) is 2.88. The first-order chi connectivity index (χ1) is 17.4. The molecule has 9 nitrogen and oxygen atoms in total. The Bertz CT molecular complexity index is 1320. The molecule has 0 bridgehead atoms. The number of benzene rings is 2. The highest BCUT2D eigenvalue weighted by Crippen LogP contribution is 2.27. The molecule has 0 aliphatic rings. The van der Waals surface area contributed by atoms with Crippen LogP contribution in [0.3, 0.4) is 0 Å². The van der Waals surface area contributed by atoms with Crippen LogP contribution >= 0.6 is 0 Å². The van der Waals surface area contributed by atoms with Crippen molar-refractivity contribution in [3.63, 3.8) is 0 Å². The Morgan fingerprint density at radius 3 is 2.00 bits per heavy atom. The van der Waals surface area contributed by atoms with Gasteiger partial charge in [-0.25, -0.2) is 5.43 Å². The average Bonchev–Trinajstić information content (AvgIpc) is 2.90. The summed E-state index contributed by atoms with van der Waals surface area (Å²) in [4.78, 5) is 28.9. The summed E-state index contributed by atoms with van der Waals surface area (Å²) in [5, 5.41) is 23.6. The number of amides is 1. The minimum absolute atomic E-state index is 0.000619.